The Morgan fingerprint density at radius 1 is 1.25 bits per heavy atom. The second-order valence-electron chi connectivity index (χ2n) is 5.52. The highest BCUT2D eigenvalue weighted by Crippen LogP contribution is 2.28. The lowest BCUT2D eigenvalue weighted by Gasteiger charge is -2.24. The average molecular weight is 271 g/mol. The molecule has 0 spiro atoms. The number of hydrogen-bond donors (Lipinski definition) is 1. The zero-order valence-corrected chi connectivity index (χ0v) is 12.3. The van der Waals surface area contributed by atoms with E-state index in [0.717, 1.165) is 18.5 Å². The Morgan fingerprint density at radius 2 is 1.90 bits per heavy atom. The summed E-state index contributed by atoms with van der Waals surface area (Å²) in [5.74, 6) is 0.0771. The third kappa shape index (κ3) is 2.59. The number of benzene rings is 1. The van der Waals surface area contributed by atoms with Gasteiger partial charge in [-0.15, -0.1) is 0 Å². The van der Waals surface area contributed by atoms with Gasteiger partial charge in [0.25, 0.3) is 0 Å². The summed E-state index contributed by atoms with van der Waals surface area (Å²) in [7, 11) is 0. The van der Waals surface area contributed by atoms with Crippen LogP contribution in [0.1, 0.15) is 43.2 Å². The Balaban J connectivity index is 2.35. The second-order valence-corrected chi connectivity index (χ2v) is 5.52. The zero-order chi connectivity index (χ0) is 14.8. The Hall–Kier alpha value is -2.10. The summed E-state index contributed by atoms with van der Waals surface area (Å²) in [4.78, 5) is 12.8. The summed E-state index contributed by atoms with van der Waals surface area (Å²) in [5.41, 5.74) is 7.43. The number of nitrogens with zero attached hydrogens (tertiary/aromatic N) is 2. The maximum atomic E-state index is 12.8. The molecule has 4 heteroatoms. The van der Waals surface area contributed by atoms with E-state index in [-0.39, 0.29) is 5.78 Å². The highest BCUT2D eigenvalue weighted by molar-refractivity contribution is 6.02. The van der Waals surface area contributed by atoms with Crippen molar-refractivity contribution in [1.29, 1.82) is 0 Å². The fourth-order valence-electron chi connectivity index (χ4n) is 2.27. The lowest BCUT2D eigenvalue weighted by Crippen LogP contribution is -2.31. The monoisotopic (exact) mass is 271 g/mol. The van der Waals surface area contributed by atoms with Gasteiger partial charge in [-0.1, -0.05) is 19.1 Å². The molecule has 0 aliphatic rings. The average Bonchev–Trinajstić information content (AvgIpc) is 2.87. The number of aryl methyl sites for hydroxylation is 1. The van der Waals surface area contributed by atoms with Gasteiger partial charge in [0.1, 0.15) is 5.69 Å². The van der Waals surface area contributed by atoms with Crippen LogP contribution in [0.3, 0.4) is 0 Å². The molecule has 4 nitrogen and oxygen atoms in total. The fourth-order valence-corrected chi connectivity index (χ4v) is 2.27. The molecule has 0 amide bonds. The van der Waals surface area contributed by atoms with Gasteiger partial charge in [0.05, 0.1) is 5.41 Å². The molecule has 0 saturated heterocycles. The minimum Gasteiger partial charge on any atom is -0.399 e. The number of anilines is 1. The third-order valence-corrected chi connectivity index (χ3v) is 3.58. The highest BCUT2D eigenvalue weighted by Gasteiger charge is 2.32. The molecular weight excluding hydrogens is 250 g/mol. The van der Waals surface area contributed by atoms with Crippen molar-refractivity contribution in [2.24, 2.45) is 0 Å². The van der Waals surface area contributed by atoms with Crippen LogP contribution in [0.5, 0.6) is 0 Å². The maximum Gasteiger partial charge on any atom is 0.190 e. The van der Waals surface area contributed by atoms with E-state index in [9.17, 15) is 4.79 Å². The second kappa shape index (κ2) is 5.49. The number of nitrogens with two attached hydrogens (primary N) is 1. The number of Topliss-reactive ketones (excluding diaryl/α,β-unsaturated/α-hetero) is 1. The molecule has 0 atom stereocenters. The Kier molecular flexibility index (Phi) is 3.93. The van der Waals surface area contributed by atoms with Crippen molar-refractivity contribution < 1.29 is 4.79 Å². The predicted octanol–water partition coefficient (Wildman–Crippen LogP) is 3.04. The van der Waals surface area contributed by atoms with Crippen LogP contribution in [0, 0.1) is 0 Å². The van der Waals surface area contributed by atoms with Crippen LogP contribution in [0.4, 0.5) is 5.69 Å². The molecule has 0 unspecified atom stereocenters. The first kappa shape index (κ1) is 14.3. The molecule has 2 aromatic rings. The van der Waals surface area contributed by atoms with Gasteiger partial charge >= 0.3 is 0 Å². The van der Waals surface area contributed by atoms with Crippen molar-refractivity contribution in [3.8, 4) is 0 Å². The molecule has 0 radical (unpaired) electrons. The summed E-state index contributed by atoms with van der Waals surface area (Å²) < 4.78 is 1.78. The summed E-state index contributed by atoms with van der Waals surface area (Å²) in [6.45, 7) is 6.70. The van der Waals surface area contributed by atoms with Gasteiger partial charge < -0.3 is 5.73 Å². The molecule has 1 aromatic carbocycles. The van der Waals surface area contributed by atoms with Gasteiger partial charge in [-0.25, -0.2) is 0 Å². The standard InChI is InChI=1S/C16H21N3O/c1-4-11-19-14(9-10-18-19)15(20)16(2,3)12-5-7-13(17)8-6-12/h5-10H,4,11,17H2,1-3H3. The minimum absolute atomic E-state index is 0.0771. The number of rotatable bonds is 5. The molecule has 0 aliphatic carbocycles. The van der Waals surface area contributed by atoms with E-state index in [1.165, 1.54) is 0 Å². The van der Waals surface area contributed by atoms with E-state index in [0.29, 0.717) is 11.4 Å². The van der Waals surface area contributed by atoms with E-state index in [4.69, 9.17) is 5.73 Å². The largest absolute Gasteiger partial charge is 0.399 e. The summed E-state index contributed by atoms with van der Waals surface area (Å²) >= 11 is 0. The fraction of sp³-hybridized carbons (Fsp3) is 0.375. The lowest BCUT2D eigenvalue weighted by molar-refractivity contribution is 0.0897. The van der Waals surface area contributed by atoms with E-state index in [2.05, 4.69) is 12.0 Å². The first-order chi connectivity index (χ1) is 9.46. The summed E-state index contributed by atoms with van der Waals surface area (Å²) in [5, 5.41) is 4.22. The normalized spacial score (nSPS) is 11.6. The van der Waals surface area contributed by atoms with Crippen LogP contribution in [0.2, 0.25) is 0 Å². The van der Waals surface area contributed by atoms with Gasteiger partial charge in [0.2, 0.25) is 0 Å². The van der Waals surface area contributed by atoms with Gasteiger partial charge in [-0.05, 0) is 44.0 Å². The van der Waals surface area contributed by atoms with Crippen LogP contribution in [0.15, 0.2) is 36.5 Å². The number of aromatic nitrogens is 2. The van der Waals surface area contributed by atoms with Crippen molar-refractivity contribution in [3.05, 3.63) is 47.8 Å². The number of carbonyl (C=O) groups is 1. The van der Waals surface area contributed by atoms with Crippen molar-refractivity contribution in [1.82, 2.24) is 9.78 Å². The number of ketones is 1. The van der Waals surface area contributed by atoms with Crippen LogP contribution in [-0.2, 0) is 12.0 Å². The molecule has 1 heterocycles. The first-order valence-electron chi connectivity index (χ1n) is 6.89. The van der Waals surface area contributed by atoms with Crippen LogP contribution in [0.25, 0.3) is 0 Å². The smallest absolute Gasteiger partial charge is 0.190 e. The molecular formula is C16H21N3O. The molecule has 0 saturated carbocycles. The van der Waals surface area contributed by atoms with E-state index in [1.807, 2.05) is 38.1 Å². The summed E-state index contributed by atoms with van der Waals surface area (Å²) in [6.07, 6.45) is 2.63. The Labute approximate surface area is 119 Å². The van der Waals surface area contributed by atoms with E-state index in [1.54, 1.807) is 16.9 Å². The van der Waals surface area contributed by atoms with E-state index >= 15 is 0 Å². The molecule has 1 aromatic heterocycles. The molecule has 0 aliphatic heterocycles. The number of carbonyl (C=O) groups excluding carboxylic acids is 1. The van der Waals surface area contributed by atoms with Crippen molar-refractivity contribution >= 4 is 11.5 Å². The van der Waals surface area contributed by atoms with Gasteiger partial charge in [0.15, 0.2) is 5.78 Å². The number of nitrogen functional groups attached to an aromatic ring is 1. The quantitative estimate of drug-likeness (QED) is 0.671. The lowest BCUT2D eigenvalue weighted by atomic mass is 9.79. The predicted molar refractivity (Wildman–Crippen MR) is 80.7 cm³/mol. The van der Waals surface area contributed by atoms with Crippen molar-refractivity contribution in [2.45, 2.75) is 39.2 Å². The SMILES string of the molecule is CCCn1nccc1C(=O)C(C)(C)c1ccc(N)cc1. The van der Waals surface area contributed by atoms with Gasteiger partial charge in [0, 0.05) is 18.4 Å². The molecule has 2 rings (SSSR count). The maximum absolute atomic E-state index is 12.8. The van der Waals surface area contributed by atoms with Crippen molar-refractivity contribution in [3.63, 3.8) is 0 Å². The molecule has 20 heavy (non-hydrogen) atoms. The molecule has 0 fully saturated rings. The topological polar surface area (TPSA) is 60.9 Å². The first-order valence-corrected chi connectivity index (χ1v) is 6.89. The molecule has 2 N–H and O–H groups in total. The molecule has 106 valence electrons. The Morgan fingerprint density at radius 3 is 2.50 bits per heavy atom. The van der Waals surface area contributed by atoms with E-state index < -0.39 is 5.41 Å². The third-order valence-electron chi connectivity index (χ3n) is 3.58. The molecule has 0 bridgehead atoms. The Bertz CT molecular complexity index is 596. The highest BCUT2D eigenvalue weighted by atomic mass is 16.1. The summed E-state index contributed by atoms with van der Waals surface area (Å²) in [6, 6.07) is 9.26. The van der Waals surface area contributed by atoms with Crippen LogP contribution < -0.4 is 5.73 Å². The van der Waals surface area contributed by atoms with Crippen LogP contribution in [-0.4, -0.2) is 15.6 Å². The van der Waals surface area contributed by atoms with Gasteiger partial charge in [-0.3, -0.25) is 9.48 Å². The number of hydrogen-bond acceptors (Lipinski definition) is 3. The van der Waals surface area contributed by atoms with Gasteiger partial charge in [-0.2, -0.15) is 5.10 Å². The van der Waals surface area contributed by atoms with Crippen LogP contribution >= 0.6 is 0 Å². The zero-order valence-electron chi connectivity index (χ0n) is 12.3. The minimum atomic E-state index is -0.598. The van der Waals surface area contributed by atoms with Crippen molar-refractivity contribution in [2.75, 3.05) is 5.73 Å².